The molecule has 22 heavy (non-hydrogen) atoms. The van der Waals surface area contributed by atoms with Crippen LogP contribution in [0.1, 0.15) is 30.1 Å². The molecule has 5 nitrogen and oxygen atoms in total. The molecule has 0 unspecified atom stereocenters. The lowest BCUT2D eigenvalue weighted by Gasteiger charge is -2.36. The largest absolute Gasteiger partial charge is 0.336 e. The Morgan fingerprint density at radius 2 is 1.91 bits per heavy atom. The van der Waals surface area contributed by atoms with Gasteiger partial charge < -0.3 is 10.6 Å². The van der Waals surface area contributed by atoms with E-state index in [4.69, 9.17) is 5.73 Å². The molecule has 1 saturated heterocycles. The Hall–Kier alpha value is -2.27. The Labute approximate surface area is 130 Å². The second kappa shape index (κ2) is 6.23. The smallest absolute Gasteiger partial charge is 0.257 e. The van der Waals surface area contributed by atoms with Crippen molar-refractivity contribution in [2.24, 2.45) is 5.73 Å². The number of benzene rings is 1. The number of carbonyl (C=O) groups is 1. The summed E-state index contributed by atoms with van der Waals surface area (Å²) in [5.74, 6) is 0.616. The lowest BCUT2D eigenvalue weighted by Crippen LogP contribution is -2.48. The average Bonchev–Trinajstić information content (AvgIpc) is 2.55. The van der Waals surface area contributed by atoms with Gasteiger partial charge in [-0.15, -0.1) is 0 Å². The summed E-state index contributed by atoms with van der Waals surface area (Å²) in [7, 11) is 0. The molecule has 1 aliphatic heterocycles. The number of aromatic nitrogens is 2. The summed E-state index contributed by atoms with van der Waals surface area (Å²) < 4.78 is 0. The first kappa shape index (κ1) is 14.7. The number of piperidine rings is 1. The number of carbonyl (C=O) groups excluding carboxylic acids is 1. The molecule has 114 valence electrons. The average molecular weight is 296 g/mol. The molecule has 1 aromatic heterocycles. The van der Waals surface area contributed by atoms with Crippen LogP contribution in [0.25, 0.3) is 11.4 Å². The fraction of sp³-hybridized carbons (Fsp3) is 0.353. The Bertz CT molecular complexity index is 641. The Morgan fingerprint density at radius 1 is 1.23 bits per heavy atom. The first-order chi connectivity index (χ1) is 10.6. The van der Waals surface area contributed by atoms with Gasteiger partial charge in [0.2, 0.25) is 0 Å². The molecule has 1 aliphatic rings. The van der Waals surface area contributed by atoms with Gasteiger partial charge >= 0.3 is 0 Å². The fourth-order valence-corrected chi connectivity index (χ4v) is 2.85. The molecule has 1 fully saturated rings. The van der Waals surface area contributed by atoms with E-state index in [2.05, 4.69) is 9.97 Å². The highest BCUT2D eigenvalue weighted by molar-refractivity contribution is 5.94. The molecule has 2 aromatic rings. The van der Waals surface area contributed by atoms with Crippen LogP contribution in [-0.2, 0) is 0 Å². The van der Waals surface area contributed by atoms with E-state index < -0.39 is 0 Å². The van der Waals surface area contributed by atoms with E-state index in [9.17, 15) is 4.79 Å². The van der Waals surface area contributed by atoms with Crippen molar-refractivity contribution in [2.75, 3.05) is 6.54 Å². The first-order valence-electron chi connectivity index (χ1n) is 7.59. The van der Waals surface area contributed by atoms with Crippen LogP contribution >= 0.6 is 0 Å². The minimum atomic E-state index is -0.0148. The Balaban J connectivity index is 1.77. The van der Waals surface area contributed by atoms with Crippen molar-refractivity contribution in [3.63, 3.8) is 0 Å². The molecule has 3 rings (SSSR count). The Kier molecular flexibility index (Phi) is 4.15. The van der Waals surface area contributed by atoms with Crippen molar-refractivity contribution >= 4 is 5.91 Å². The van der Waals surface area contributed by atoms with Gasteiger partial charge in [0.1, 0.15) is 0 Å². The molecule has 0 radical (unpaired) electrons. The molecule has 2 atom stereocenters. The van der Waals surface area contributed by atoms with Gasteiger partial charge in [0.15, 0.2) is 5.82 Å². The molecule has 0 bridgehead atoms. The van der Waals surface area contributed by atoms with E-state index in [1.165, 1.54) is 0 Å². The van der Waals surface area contributed by atoms with Crippen molar-refractivity contribution in [2.45, 2.75) is 31.8 Å². The van der Waals surface area contributed by atoms with Crippen LogP contribution in [0.4, 0.5) is 0 Å². The number of nitrogens with two attached hydrogens (primary N) is 1. The topological polar surface area (TPSA) is 72.1 Å². The molecule has 0 aliphatic carbocycles. The summed E-state index contributed by atoms with van der Waals surface area (Å²) in [6.45, 7) is 2.73. The predicted molar refractivity (Wildman–Crippen MR) is 85.2 cm³/mol. The highest BCUT2D eigenvalue weighted by atomic mass is 16.2. The van der Waals surface area contributed by atoms with Gasteiger partial charge in [-0.1, -0.05) is 30.3 Å². The van der Waals surface area contributed by atoms with E-state index in [-0.39, 0.29) is 18.0 Å². The number of likely N-dealkylation sites (tertiary alicyclic amines) is 1. The normalized spacial score (nSPS) is 21.6. The maximum atomic E-state index is 12.6. The van der Waals surface area contributed by atoms with Crippen LogP contribution in [0.5, 0.6) is 0 Å². The zero-order valence-corrected chi connectivity index (χ0v) is 12.6. The van der Waals surface area contributed by atoms with Gasteiger partial charge in [-0.05, 0) is 19.8 Å². The van der Waals surface area contributed by atoms with Gasteiger partial charge in [0.25, 0.3) is 5.91 Å². The fourth-order valence-electron chi connectivity index (χ4n) is 2.85. The number of nitrogens with zero attached hydrogens (tertiary/aromatic N) is 3. The van der Waals surface area contributed by atoms with Gasteiger partial charge in [-0.3, -0.25) is 4.79 Å². The zero-order chi connectivity index (χ0) is 15.5. The summed E-state index contributed by atoms with van der Waals surface area (Å²) >= 11 is 0. The van der Waals surface area contributed by atoms with Crippen molar-refractivity contribution < 1.29 is 4.79 Å². The molecule has 5 heteroatoms. The van der Waals surface area contributed by atoms with Crippen LogP contribution in [0, 0.1) is 0 Å². The van der Waals surface area contributed by atoms with Crippen molar-refractivity contribution in [3.05, 3.63) is 48.3 Å². The van der Waals surface area contributed by atoms with E-state index >= 15 is 0 Å². The summed E-state index contributed by atoms with van der Waals surface area (Å²) in [6.07, 6.45) is 4.91. The quantitative estimate of drug-likeness (QED) is 0.921. The number of rotatable bonds is 2. The Morgan fingerprint density at radius 3 is 2.55 bits per heavy atom. The molecule has 2 heterocycles. The molecule has 1 aromatic carbocycles. The minimum Gasteiger partial charge on any atom is -0.336 e. The third kappa shape index (κ3) is 2.99. The highest BCUT2D eigenvalue weighted by Gasteiger charge is 2.28. The van der Waals surface area contributed by atoms with Gasteiger partial charge in [0.05, 0.1) is 5.56 Å². The van der Waals surface area contributed by atoms with Crippen LogP contribution in [-0.4, -0.2) is 39.4 Å². The molecule has 2 N–H and O–H groups in total. The van der Waals surface area contributed by atoms with E-state index in [1.807, 2.05) is 42.2 Å². The van der Waals surface area contributed by atoms with Crippen LogP contribution in [0.2, 0.25) is 0 Å². The van der Waals surface area contributed by atoms with Crippen molar-refractivity contribution in [3.8, 4) is 11.4 Å². The van der Waals surface area contributed by atoms with E-state index in [0.717, 1.165) is 18.4 Å². The summed E-state index contributed by atoms with van der Waals surface area (Å²) in [5, 5.41) is 0. The zero-order valence-electron chi connectivity index (χ0n) is 12.6. The molecule has 1 amide bonds. The SMILES string of the molecule is C[C@H]1C[C@H](N)CCN1C(=O)c1cnc(-c2ccccc2)nc1. The molecule has 0 spiro atoms. The lowest BCUT2D eigenvalue weighted by molar-refractivity contribution is 0.0618. The van der Waals surface area contributed by atoms with Crippen molar-refractivity contribution in [1.29, 1.82) is 0 Å². The number of amides is 1. The first-order valence-corrected chi connectivity index (χ1v) is 7.59. The van der Waals surface area contributed by atoms with E-state index in [1.54, 1.807) is 12.4 Å². The van der Waals surface area contributed by atoms with E-state index in [0.29, 0.717) is 17.9 Å². The second-order valence-corrected chi connectivity index (χ2v) is 5.79. The second-order valence-electron chi connectivity index (χ2n) is 5.79. The number of hydrogen-bond donors (Lipinski definition) is 1. The summed E-state index contributed by atoms with van der Waals surface area (Å²) in [5.41, 5.74) is 7.42. The molecular formula is C17H20N4O. The van der Waals surface area contributed by atoms with Gasteiger partial charge in [-0.2, -0.15) is 0 Å². The molecular weight excluding hydrogens is 276 g/mol. The maximum absolute atomic E-state index is 12.6. The third-order valence-corrected chi connectivity index (χ3v) is 4.11. The summed E-state index contributed by atoms with van der Waals surface area (Å²) in [4.78, 5) is 23.1. The van der Waals surface area contributed by atoms with Crippen LogP contribution < -0.4 is 5.73 Å². The summed E-state index contributed by atoms with van der Waals surface area (Å²) in [6, 6.07) is 10.1. The predicted octanol–water partition coefficient (Wildman–Crippen LogP) is 2.10. The monoisotopic (exact) mass is 296 g/mol. The standard InChI is InChI=1S/C17H20N4O/c1-12-9-15(18)7-8-21(12)17(22)14-10-19-16(20-11-14)13-5-3-2-4-6-13/h2-6,10-12,15H,7-9,18H2,1H3/t12-,15+/m0/s1. The van der Waals surface area contributed by atoms with Crippen molar-refractivity contribution in [1.82, 2.24) is 14.9 Å². The third-order valence-electron chi connectivity index (χ3n) is 4.11. The number of hydrogen-bond acceptors (Lipinski definition) is 4. The highest BCUT2D eigenvalue weighted by Crippen LogP contribution is 2.19. The van der Waals surface area contributed by atoms with Crippen LogP contribution in [0.3, 0.4) is 0 Å². The minimum absolute atomic E-state index is 0.0148. The lowest BCUT2D eigenvalue weighted by atomic mass is 9.98. The van der Waals surface area contributed by atoms with Crippen LogP contribution in [0.15, 0.2) is 42.7 Å². The van der Waals surface area contributed by atoms with Gasteiger partial charge in [-0.25, -0.2) is 9.97 Å². The molecule has 0 saturated carbocycles. The maximum Gasteiger partial charge on any atom is 0.257 e. The van der Waals surface area contributed by atoms with Gasteiger partial charge in [0, 0.05) is 36.6 Å².